The standard InChI is InChI=1S/C14H20FN3O2/c1-9-11(15)7-10(14(17)20)8-12(9)18-13(19)5-3-2-4-6-16/h7-8H,2-6,16H2,1H3,(H2,17,20)(H,18,19). The first-order chi connectivity index (χ1) is 9.45. The van der Waals surface area contributed by atoms with Crippen molar-refractivity contribution in [2.24, 2.45) is 11.5 Å². The number of nitrogens with two attached hydrogens (primary N) is 2. The van der Waals surface area contributed by atoms with Gasteiger partial charge in [-0.1, -0.05) is 6.42 Å². The van der Waals surface area contributed by atoms with Crippen LogP contribution >= 0.6 is 0 Å². The minimum absolute atomic E-state index is 0.0338. The third-order valence-electron chi connectivity index (χ3n) is 3.01. The predicted molar refractivity (Wildman–Crippen MR) is 75.8 cm³/mol. The number of halogens is 1. The van der Waals surface area contributed by atoms with E-state index < -0.39 is 11.7 Å². The van der Waals surface area contributed by atoms with Crippen molar-refractivity contribution in [3.8, 4) is 0 Å². The SMILES string of the molecule is Cc1c(F)cc(C(N)=O)cc1NC(=O)CCCCCN. The molecule has 0 fully saturated rings. The second kappa shape index (κ2) is 7.59. The minimum Gasteiger partial charge on any atom is -0.366 e. The molecule has 0 aliphatic heterocycles. The number of unbranched alkanes of at least 4 members (excludes halogenated alkanes) is 2. The van der Waals surface area contributed by atoms with E-state index in [1.165, 1.54) is 13.0 Å². The Bertz CT molecular complexity index is 503. The lowest BCUT2D eigenvalue weighted by molar-refractivity contribution is -0.116. The molecule has 0 aliphatic carbocycles. The van der Waals surface area contributed by atoms with Gasteiger partial charge in [-0.15, -0.1) is 0 Å². The Kier molecular flexibility index (Phi) is 6.11. The zero-order chi connectivity index (χ0) is 15.1. The summed E-state index contributed by atoms with van der Waals surface area (Å²) in [5.74, 6) is -1.52. The van der Waals surface area contributed by atoms with Crippen LogP contribution in [0.4, 0.5) is 10.1 Å². The Hall–Kier alpha value is -1.95. The van der Waals surface area contributed by atoms with Crippen LogP contribution < -0.4 is 16.8 Å². The highest BCUT2D eigenvalue weighted by Crippen LogP contribution is 2.21. The quantitative estimate of drug-likeness (QED) is 0.663. The first-order valence-corrected chi connectivity index (χ1v) is 6.55. The number of amides is 2. The van der Waals surface area contributed by atoms with Crippen LogP contribution in [0.5, 0.6) is 0 Å². The van der Waals surface area contributed by atoms with Crippen LogP contribution in [-0.4, -0.2) is 18.4 Å². The Morgan fingerprint density at radius 3 is 2.55 bits per heavy atom. The van der Waals surface area contributed by atoms with E-state index in [1.54, 1.807) is 0 Å². The van der Waals surface area contributed by atoms with Gasteiger partial charge in [-0.3, -0.25) is 9.59 Å². The summed E-state index contributed by atoms with van der Waals surface area (Å²) in [6, 6.07) is 2.45. The third-order valence-corrected chi connectivity index (χ3v) is 3.01. The maximum Gasteiger partial charge on any atom is 0.248 e. The molecule has 6 heteroatoms. The fraction of sp³-hybridized carbons (Fsp3) is 0.429. The van der Waals surface area contributed by atoms with Gasteiger partial charge in [0.25, 0.3) is 0 Å². The van der Waals surface area contributed by atoms with Crippen LogP contribution in [0.15, 0.2) is 12.1 Å². The zero-order valence-corrected chi connectivity index (χ0v) is 11.5. The number of carbonyl (C=O) groups is 2. The lowest BCUT2D eigenvalue weighted by Gasteiger charge is -2.10. The van der Waals surface area contributed by atoms with Crippen LogP contribution in [0.3, 0.4) is 0 Å². The fourth-order valence-electron chi connectivity index (χ4n) is 1.77. The van der Waals surface area contributed by atoms with E-state index in [1.807, 2.05) is 0 Å². The predicted octanol–water partition coefficient (Wildman–Crippen LogP) is 1.69. The molecule has 1 aromatic rings. The van der Waals surface area contributed by atoms with Crippen molar-refractivity contribution in [2.45, 2.75) is 32.6 Å². The molecule has 1 rings (SSSR count). The Labute approximate surface area is 117 Å². The normalized spacial score (nSPS) is 10.3. The Morgan fingerprint density at radius 1 is 1.25 bits per heavy atom. The van der Waals surface area contributed by atoms with E-state index in [9.17, 15) is 14.0 Å². The molecule has 110 valence electrons. The number of hydrogen-bond acceptors (Lipinski definition) is 3. The molecule has 1 aromatic carbocycles. The van der Waals surface area contributed by atoms with Gasteiger partial charge in [0.15, 0.2) is 0 Å². The molecule has 0 saturated carbocycles. The first-order valence-electron chi connectivity index (χ1n) is 6.55. The molecule has 0 atom stereocenters. The van der Waals surface area contributed by atoms with Gasteiger partial charge in [0, 0.05) is 23.2 Å². The lowest BCUT2D eigenvalue weighted by atomic mass is 10.1. The van der Waals surface area contributed by atoms with Crippen LogP contribution in [0.1, 0.15) is 41.6 Å². The van der Waals surface area contributed by atoms with Crippen molar-refractivity contribution in [3.63, 3.8) is 0 Å². The van der Waals surface area contributed by atoms with Crippen molar-refractivity contribution in [1.82, 2.24) is 0 Å². The summed E-state index contributed by atoms with van der Waals surface area (Å²) in [4.78, 5) is 22.8. The molecular formula is C14H20FN3O2. The maximum atomic E-state index is 13.6. The maximum absolute atomic E-state index is 13.6. The van der Waals surface area contributed by atoms with Crippen LogP contribution in [0.2, 0.25) is 0 Å². The van der Waals surface area contributed by atoms with Gasteiger partial charge in [0.1, 0.15) is 5.82 Å². The van der Waals surface area contributed by atoms with Crippen molar-refractivity contribution in [1.29, 1.82) is 0 Å². The van der Waals surface area contributed by atoms with Gasteiger partial charge in [-0.2, -0.15) is 0 Å². The molecule has 0 aromatic heterocycles. The largest absolute Gasteiger partial charge is 0.366 e. The first kappa shape index (κ1) is 16.1. The summed E-state index contributed by atoms with van der Waals surface area (Å²) in [5.41, 5.74) is 11.1. The van der Waals surface area contributed by atoms with E-state index >= 15 is 0 Å². The van der Waals surface area contributed by atoms with Gasteiger partial charge >= 0.3 is 0 Å². The van der Waals surface area contributed by atoms with Crippen molar-refractivity contribution in [2.75, 3.05) is 11.9 Å². The number of hydrogen-bond donors (Lipinski definition) is 3. The van der Waals surface area contributed by atoms with E-state index in [0.29, 0.717) is 13.0 Å². The second-order valence-electron chi connectivity index (χ2n) is 4.64. The van der Waals surface area contributed by atoms with Crippen molar-refractivity contribution >= 4 is 17.5 Å². The summed E-state index contributed by atoms with van der Waals surface area (Å²) in [6.07, 6.45) is 2.80. The molecule has 0 spiro atoms. The molecular weight excluding hydrogens is 261 g/mol. The number of benzene rings is 1. The molecule has 0 heterocycles. The number of carbonyl (C=O) groups excluding carboxylic acids is 2. The summed E-state index contributed by atoms with van der Waals surface area (Å²) >= 11 is 0. The minimum atomic E-state index is -0.734. The van der Waals surface area contributed by atoms with Gasteiger partial charge in [0.05, 0.1) is 0 Å². The number of nitrogens with one attached hydrogen (secondary N) is 1. The van der Waals surface area contributed by atoms with Gasteiger partial charge in [-0.25, -0.2) is 4.39 Å². The molecule has 0 radical (unpaired) electrons. The molecule has 0 aliphatic rings. The van der Waals surface area contributed by atoms with E-state index in [0.717, 1.165) is 25.3 Å². The summed E-state index contributed by atoms with van der Waals surface area (Å²) in [5, 5.41) is 2.61. The number of anilines is 1. The third kappa shape index (κ3) is 4.62. The molecule has 5 N–H and O–H groups in total. The Morgan fingerprint density at radius 2 is 1.95 bits per heavy atom. The molecule has 2 amide bonds. The molecule has 0 bridgehead atoms. The highest BCUT2D eigenvalue weighted by molar-refractivity contribution is 5.97. The fourth-order valence-corrected chi connectivity index (χ4v) is 1.77. The lowest BCUT2D eigenvalue weighted by Crippen LogP contribution is -2.16. The van der Waals surface area contributed by atoms with Gasteiger partial charge < -0.3 is 16.8 Å². The average molecular weight is 281 g/mol. The summed E-state index contributed by atoms with van der Waals surface area (Å²) < 4.78 is 13.6. The van der Waals surface area contributed by atoms with E-state index in [2.05, 4.69) is 5.32 Å². The average Bonchev–Trinajstić information content (AvgIpc) is 2.39. The van der Waals surface area contributed by atoms with E-state index in [4.69, 9.17) is 11.5 Å². The molecule has 5 nitrogen and oxygen atoms in total. The van der Waals surface area contributed by atoms with Crippen LogP contribution in [0, 0.1) is 12.7 Å². The number of rotatable bonds is 7. The van der Waals surface area contributed by atoms with Crippen LogP contribution in [0.25, 0.3) is 0 Å². The van der Waals surface area contributed by atoms with Gasteiger partial charge in [-0.05, 0) is 38.4 Å². The monoisotopic (exact) mass is 281 g/mol. The molecule has 0 saturated heterocycles. The number of primary amides is 1. The van der Waals surface area contributed by atoms with Gasteiger partial charge in [0.2, 0.25) is 11.8 Å². The molecule has 0 unspecified atom stereocenters. The van der Waals surface area contributed by atoms with E-state index in [-0.39, 0.29) is 22.7 Å². The van der Waals surface area contributed by atoms with Crippen molar-refractivity contribution < 1.29 is 14.0 Å². The zero-order valence-electron chi connectivity index (χ0n) is 11.5. The summed E-state index contributed by atoms with van der Waals surface area (Å²) in [6.45, 7) is 2.14. The highest BCUT2D eigenvalue weighted by atomic mass is 19.1. The van der Waals surface area contributed by atoms with Crippen LogP contribution in [-0.2, 0) is 4.79 Å². The summed E-state index contributed by atoms with van der Waals surface area (Å²) in [7, 11) is 0. The highest BCUT2D eigenvalue weighted by Gasteiger charge is 2.12. The topological polar surface area (TPSA) is 98.2 Å². The second-order valence-corrected chi connectivity index (χ2v) is 4.64. The Balaban J connectivity index is 2.71. The molecule has 20 heavy (non-hydrogen) atoms. The smallest absolute Gasteiger partial charge is 0.248 e. The van der Waals surface area contributed by atoms with Crippen molar-refractivity contribution in [3.05, 3.63) is 29.1 Å².